The fourth-order valence-electron chi connectivity index (χ4n) is 3.46. The molecule has 0 saturated carbocycles. The lowest BCUT2D eigenvalue weighted by atomic mass is 9.90. The first-order chi connectivity index (χ1) is 11.5. The smallest absolute Gasteiger partial charge is 0.251 e. The molecule has 1 amide bonds. The zero-order chi connectivity index (χ0) is 17.1. The van der Waals surface area contributed by atoms with Gasteiger partial charge in [0, 0.05) is 24.4 Å². The maximum atomic E-state index is 12.5. The van der Waals surface area contributed by atoms with Crippen LogP contribution in [0.3, 0.4) is 0 Å². The highest BCUT2D eigenvalue weighted by Crippen LogP contribution is 2.25. The van der Waals surface area contributed by atoms with Gasteiger partial charge in [-0.2, -0.15) is 5.10 Å². The summed E-state index contributed by atoms with van der Waals surface area (Å²) in [5.41, 5.74) is 4.05. The van der Waals surface area contributed by atoms with E-state index in [2.05, 4.69) is 27.9 Å². The normalized spacial score (nSPS) is 16.8. The third-order valence-corrected chi connectivity index (χ3v) is 4.85. The molecule has 1 aliphatic heterocycles. The van der Waals surface area contributed by atoms with Gasteiger partial charge in [0.2, 0.25) is 0 Å². The highest BCUT2D eigenvalue weighted by Gasteiger charge is 2.17. The molecule has 2 aromatic rings. The summed E-state index contributed by atoms with van der Waals surface area (Å²) < 4.78 is 1.78. The molecule has 1 saturated heterocycles. The lowest BCUT2D eigenvalue weighted by Gasteiger charge is -2.23. The highest BCUT2D eigenvalue weighted by molar-refractivity contribution is 5.94. The van der Waals surface area contributed by atoms with E-state index in [1.807, 2.05) is 39.2 Å². The van der Waals surface area contributed by atoms with Gasteiger partial charge >= 0.3 is 0 Å². The van der Waals surface area contributed by atoms with Crippen molar-refractivity contribution in [3.63, 3.8) is 0 Å². The first-order valence-electron chi connectivity index (χ1n) is 8.66. The average molecular weight is 326 g/mol. The Bertz CT molecular complexity index is 699. The summed E-state index contributed by atoms with van der Waals surface area (Å²) in [6.07, 6.45) is 4.30. The fraction of sp³-hybridized carbons (Fsp3) is 0.474. The molecule has 5 heteroatoms. The minimum atomic E-state index is -0.0599. The number of benzene rings is 1. The van der Waals surface area contributed by atoms with E-state index >= 15 is 0 Å². The maximum absolute atomic E-state index is 12.5. The zero-order valence-corrected chi connectivity index (χ0v) is 14.7. The monoisotopic (exact) mass is 326 g/mol. The van der Waals surface area contributed by atoms with Crippen molar-refractivity contribution in [2.45, 2.75) is 38.6 Å². The van der Waals surface area contributed by atoms with Gasteiger partial charge in [0.1, 0.15) is 0 Å². The summed E-state index contributed by atoms with van der Waals surface area (Å²) in [6.45, 7) is 6.11. The number of aromatic nitrogens is 2. The topological polar surface area (TPSA) is 59.0 Å². The molecule has 1 unspecified atom stereocenters. The first-order valence-corrected chi connectivity index (χ1v) is 8.66. The summed E-state index contributed by atoms with van der Waals surface area (Å²) in [5.74, 6) is 0.572. The number of hydrogen-bond donors (Lipinski definition) is 2. The third-order valence-electron chi connectivity index (χ3n) is 4.85. The first kappa shape index (κ1) is 16.7. The van der Waals surface area contributed by atoms with Crippen LogP contribution in [-0.2, 0) is 7.05 Å². The van der Waals surface area contributed by atoms with Gasteiger partial charge in [-0.15, -0.1) is 0 Å². The summed E-state index contributed by atoms with van der Waals surface area (Å²) in [7, 11) is 1.89. The second-order valence-electron chi connectivity index (χ2n) is 6.68. The summed E-state index contributed by atoms with van der Waals surface area (Å²) in [4.78, 5) is 12.5. The van der Waals surface area contributed by atoms with Crippen molar-refractivity contribution in [1.29, 1.82) is 0 Å². The van der Waals surface area contributed by atoms with E-state index in [0.717, 1.165) is 24.3 Å². The number of nitrogens with one attached hydrogen (secondary N) is 2. The van der Waals surface area contributed by atoms with Crippen LogP contribution in [-0.4, -0.2) is 28.8 Å². The zero-order valence-electron chi connectivity index (χ0n) is 14.7. The third kappa shape index (κ3) is 3.67. The van der Waals surface area contributed by atoms with Gasteiger partial charge in [-0.1, -0.05) is 12.1 Å². The Morgan fingerprint density at radius 3 is 2.54 bits per heavy atom. The molecule has 0 aliphatic carbocycles. The molecule has 1 aliphatic rings. The number of hydrogen-bond acceptors (Lipinski definition) is 3. The Kier molecular flexibility index (Phi) is 5.00. The molecule has 24 heavy (non-hydrogen) atoms. The van der Waals surface area contributed by atoms with Crippen molar-refractivity contribution >= 4 is 5.91 Å². The molecule has 1 atom stereocenters. The lowest BCUT2D eigenvalue weighted by molar-refractivity contribution is 0.0940. The Labute approximate surface area is 143 Å². The fourth-order valence-corrected chi connectivity index (χ4v) is 3.46. The summed E-state index contributed by atoms with van der Waals surface area (Å²) in [5, 5.41) is 10.8. The van der Waals surface area contributed by atoms with Gasteiger partial charge in [-0.05, 0) is 63.4 Å². The molecule has 0 bridgehead atoms. The molecular weight excluding hydrogens is 300 g/mol. The van der Waals surface area contributed by atoms with Gasteiger partial charge in [0.25, 0.3) is 5.91 Å². The van der Waals surface area contributed by atoms with Crippen LogP contribution in [0.5, 0.6) is 0 Å². The predicted molar refractivity (Wildman–Crippen MR) is 95.1 cm³/mol. The number of rotatable bonds is 4. The molecule has 1 fully saturated rings. The number of nitrogens with zero attached hydrogens (tertiary/aromatic N) is 2. The standard InChI is InChI=1S/C19H26N4O/c1-13(18-12-23(3)22-14(18)2)21-19(24)17-6-4-15(5-7-17)16-8-10-20-11-9-16/h4-7,12-13,16,20H,8-11H2,1-3H3,(H,21,24). The molecule has 0 spiro atoms. The van der Waals surface area contributed by atoms with Crippen LogP contribution in [0.1, 0.15) is 58.9 Å². The quantitative estimate of drug-likeness (QED) is 0.908. The lowest BCUT2D eigenvalue weighted by Crippen LogP contribution is -2.27. The molecule has 1 aromatic heterocycles. The number of carbonyl (C=O) groups is 1. The molecule has 1 aromatic carbocycles. The second kappa shape index (κ2) is 7.18. The van der Waals surface area contributed by atoms with Gasteiger partial charge in [0.05, 0.1) is 11.7 Å². The van der Waals surface area contributed by atoms with Crippen LogP contribution in [0.25, 0.3) is 0 Å². The maximum Gasteiger partial charge on any atom is 0.251 e. The summed E-state index contributed by atoms with van der Waals surface area (Å²) >= 11 is 0. The molecule has 5 nitrogen and oxygen atoms in total. The van der Waals surface area contributed by atoms with E-state index in [9.17, 15) is 4.79 Å². The number of carbonyl (C=O) groups excluding carboxylic acids is 1. The van der Waals surface area contributed by atoms with Gasteiger partial charge in [-0.3, -0.25) is 9.48 Å². The van der Waals surface area contributed by atoms with Crippen LogP contribution in [0.2, 0.25) is 0 Å². The SMILES string of the molecule is Cc1nn(C)cc1C(C)NC(=O)c1ccc(C2CCNCC2)cc1. The average Bonchev–Trinajstić information content (AvgIpc) is 2.94. The minimum Gasteiger partial charge on any atom is -0.345 e. The van der Waals surface area contributed by atoms with E-state index in [4.69, 9.17) is 0 Å². The second-order valence-corrected chi connectivity index (χ2v) is 6.68. The molecule has 2 N–H and O–H groups in total. The Hall–Kier alpha value is -2.14. The van der Waals surface area contributed by atoms with Crippen molar-refractivity contribution in [3.8, 4) is 0 Å². The van der Waals surface area contributed by atoms with E-state index < -0.39 is 0 Å². The van der Waals surface area contributed by atoms with Crippen molar-refractivity contribution in [2.75, 3.05) is 13.1 Å². The number of aryl methyl sites for hydroxylation is 2. The van der Waals surface area contributed by atoms with Gasteiger partial charge in [-0.25, -0.2) is 0 Å². The van der Waals surface area contributed by atoms with Crippen molar-refractivity contribution in [2.24, 2.45) is 7.05 Å². The molecule has 128 valence electrons. The van der Waals surface area contributed by atoms with Gasteiger partial charge in [0.15, 0.2) is 0 Å². The largest absolute Gasteiger partial charge is 0.345 e. The van der Waals surface area contributed by atoms with Crippen LogP contribution in [0.15, 0.2) is 30.5 Å². The van der Waals surface area contributed by atoms with Crippen molar-refractivity contribution in [1.82, 2.24) is 20.4 Å². The van der Waals surface area contributed by atoms with Crippen LogP contribution >= 0.6 is 0 Å². The van der Waals surface area contributed by atoms with Crippen LogP contribution < -0.4 is 10.6 Å². The molecule has 2 heterocycles. The summed E-state index contributed by atoms with van der Waals surface area (Å²) in [6, 6.07) is 8.02. The van der Waals surface area contributed by atoms with Gasteiger partial charge < -0.3 is 10.6 Å². The van der Waals surface area contributed by atoms with E-state index in [-0.39, 0.29) is 11.9 Å². The Balaban J connectivity index is 1.65. The van der Waals surface area contributed by atoms with Crippen molar-refractivity contribution in [3.05, 3.63) is 52.8 Å². The van der Waals surface area contributed by atoms with E-state index in [0.29, 0.717) is 11.5 Å². The predicted octanol–water partition coefficient (Wildman–Crippen LogP) is 2.69. The van der Waals surface area contributed by atoms with Crippen molar-refractivity contribution < 1.29 is 4.79 Å². The Morgan fingerprint density at radius 1 is 1.29 bits per heavy atom. The molecular formula is C19H26N4O. The number of amides is 1. The Morgan fingerprint density at radius 2 is 1.96 bits per heavy atom. The minimum absolute atomic E-state index is 0.0392. The van der Waals surface area contributed by atoms with Crippen LogP contribution in [0.4, 0.5) is 0 Å². The number of piperidine rings is 1. The van der Waals surface area contributed by atoms with E-state index in [1.54, 1.807) is 4.68 Å². The van der Waals surface area contributed by atoms with Crippen LogP contribution in [0, 0.1) is 6.92 Å². The van der Waals surface area contributed by atoms with E-state index in [1.165, 1.54) is 18.4 Å². The molecule has 3 rings (SSSR count). The molecule has 0 radical (unpaired) electrons. The highest BCUT2D eigenvalue weighted by atomic mass is 16.1.